The SMILES string of the molecule is CCCCC1CCC(C(=O)NCCn2ncc3c(N4CCCCC4)nc(SCC)nc32)CC1. The third kappa shape index (κ3) is 6.19. The van der Waals surface area contributed by atoms with Gasteiger partial charge in [0.25, 0.3) is 0 Å². The molecular weight excluding hydrogens is 432 g/mol. The first-order valence-corrected chi connectivity index (χ1v) is 14.1. The van der Waals surface area contributed by atoms with E-state index in [-0.39, 0.29) is 11.8 Å². The normalized spacial score (nSPS) is 21.5. The number of hydrogen-bond donors (Lipinski definition) is 1. The zero-order valence-corrected chi connectivity index (χ0v) is 21.2. The summed E-state index contributed by atoms with van der Waals surface area (Å²) in [4.78, 5) is 24.8. The van der Waals surface area contributed by atoms with Crippen molar-refractivity contribution in [1.29, 1.82) is 0 Å². The van der Waals surface area contributed by atoms with Crippen LogP contribution < -0.4 is 10.2 Å². The van der Waals surface area contributed by atoms with Gasteiger partial charge in [0, 0.05) is 25.6 Å². The lowest BCUT2D eigenvalue weighted by Gasteiger charge is -2.28. The van der Waals surface area contributed by atoms with E-state index in [0.717, 1.165) is 59.6 Å². The van der Waals surface area contributed by atoms with E-state index in [1.54, 1.807) is 11.8 Å². The number of piperidine rings is 1. The Morgan fingerprint density at radius 3 is 2.64 bits per heavy atom. The molecule has 182 valence electrons. The largest absolute Gasteiger partial charge is 0.356 e. The first kappa shape index (κ1) is 24.3. The number of nitrogens with zero attached hydrogens (tertiary/aromatic N) is 5. The standard InChI is InChI=1S/C25H40N6OS/c1-3-5-9-19-10-12-20(13-11-19)24(32)26-14-17-31-23-21(18-27-31)22(28-25(29-23)33-4-2)30-15-7-6-8-16-30/h18-20H,3-17H2,1-2H3,(H,26,32). The van der Waals surface area contributed by atoms with Gasteiger partial charge in [0.1, 0.15) is 5.82 Å². The number of anilines is 1. The van der Waals surface area contributed by atoms with Gasteiger partial charge in [0.05, 0.1) is 18.1 Å². The Bertz CT molecular complexity index is 902. The summed E-state index contributed by atoms with van der Waals surface area (Å²) in [6.07, 6.45) is 14.0. The molecule has 1 saturated carbocycles. The van der Waals surface area contributed by atoms with Crippen LogP contribution >= 0.6 is 11.8 Å². The minimum Gasteiger partial charge on any atom is -0.356 e. The maximum absolute atomic E-state index is 12.7. The maximum atomic E-state index is 12.7. The van der Waals surface area contributed by atoms with E-state index in [1.165, 1.54) is 51.4 Å². The number of nitrogens with one attached hydrogen (secondary N) is 1. The quantitative estimate of drug-likeness (QED) is 0.386. The molecule has 2 fully saturated rings. The van der Waals surface area contributed by atoms with Crippen LogP contribution in [-0.2, 0) is 11.3 Å². The Morgan fingerprint density at radius 2 is 1.91 bits per heavy atom. The van der Waals surface area contributed by atoms with Crippen molar-refractivity contribution in [1.82, 2.24) is 25.1 Å². The molecule has 2 aromatic heterocycles. The number of amides is 1. The summed E-state index contributed by atoms with van der Waals surface area (Å²) in [5.74, 6) is 3.18. The van der Waals surface area contributed by atoms with Crippen molar-refractivity contribution in [2.24, 2.45) is 11.8 Å². The van der Waals surface area contributed by atoms with Crippen LogP contribution in [0.15, 0.2) is 11.4 Å². The zero-order valence-electron chi connectivity index (χ0n) is 20.4. The van der Waals surface area contributed by atoms with Gasteiger partial charge in [-0.2, -0.15) is 5.10 Å². The minimum atomic E-state index is 0.179. The van der Waals surface area contributed by atoms with Gasteiger partial charge >= 0.3 is 0 Å². The molecule has 8 heteroatoms. The van der Waals surface area contributed by atoms with Crippen molar-refractivity contribution < 1.29 is 4.79 Å². The van der Waals surface area contributed by atoms with Crippen molar-refractivity contribution >= 4 is 34.5 Å². The van der Waals surface area contributed by atoms with E-state index in [1.807, 2.05) is 10.9 Å². The van der Waals surface area contributed by atoms with Gasteiger partial charge in [-0.15, -0.1) is 0 Å². The highest BCUT2D eigenvalue weighted by Crippen LogP contribution is 2.32. The molecule has 4 rings (SSSR count). The lowest BCUT2D eigenvalue weighted by Crippen LogP contribution is -2.35. The van der Waals surface area contributed by atoms with Gasteiger partial charge in [0.15, 0.2) is 10.8 Å². The van der Waals surface area contributed by atoms with Crippen LogP contribution in [0.2, 0.25) is 0 Å². The average molecular weight is 473 g/mol. The molecule has 0 spiro atoms. The molecular formula is C25H40N6OS. The van der Waals surface area contributed by atoms with Crippen molar-refractivity contribution in [3.05, 3.63) is 6.20 Å². The lowest BCUT2D eigenvalue weighted by atomic mass is 9.79. The number of carbonyl (C=O) groups is 1. The molecule has 0 atom stereocenters. The van der Waals surface area contributed by atoms with Gasteiger partial charge in [-0.1, -0.05) is 44.9 Å². The Labute approximate surface area is 202 Å². The second-order valence-corrected chi connectivity index (χ2v) is 10.8. The van der Waals surface area contributed by atoms with E-state index in [2.05, 4.69) is 29.2 Å². The summed E-state index contributed by atoms with van der Waals surface area (Å²) in [6, 6.07) is 0. The summed E-state index contributed by atoms with van der Waals surface area (Å²) in [7, 11) is 0. The van der Waals surface area contributed by atoms with Gasteiger partial charge in [-0.3, -0.25) is 4.79 Å². The number of fused-ring (bicyclic) bond motifs is 1. The van der Waals surface area contributed by atoms with E-state index in [4.69, 9.17) is 9.97 Å². The first-order valence-electron chi connectivity index (χ1n) is 13.1. The maximum Gasteiger partial charge on any atom is 0.223 e. The number of rotatable bonds is 10. The molecule has 0 radical (unpaired) electrons. The van der Waals surface area contributed by atoms with Gasteiger partial charge in [-0.05, 0) is 56.6 Å². The number of unbranched alkanes of at least 4 members (excludes halogenated alkanes) is 1. The van der Waals surface area contributed by atoms with E-state index < -0.39 is 0 Å². The molecule has 1 aliphatic carbocycles. The van der Waals surface area contributed by atoms with Crippen LogP contribution in [-0.4, -0.2) is 51.0 Å². The highest BCUT2D eigenvalue weighted by atomic mass is 32.2. The fourth-order valence-corrected chi connectivity index (χ4v) is 5.82. The molecule has 2 aromatic rings. The Balaban J connectivity index is 1.37. The van der Waals surface area contributed by atoms with Crippen LogP contribution in [0.3, 0.4) is 0 Å². The predicted molar refractivity (Wildman–Crippen MR) is 136 cm³/mol. The minimum absolute atomic E-state index is 0.179. The number of thioether (sulfide) groups is 1. The van der Waals surface area contributed by atoms with Crippen LogP contribution in [0.4, 0.5) is 5.82 Å². The summed E-state index contributed by atoms with van der Waals surface area (Å²) < 4.78 is 1.94. The Morgan fingerprint density at radius 1 is 1.12 bits per heavy atom. The van der Waals surface area contributed by atoms with Crippen LogP contribution in [0.1, 0.15) is 78.1 Å². The molecule has 7 nitrogen and oxygen atoms in total. The monoisotopic (exact) mass is 472 g/mol. The summed E-state index contributed by atoms with van der Waals surface area (Å²) in [5.41, 5.74) is 0.882. The van der Waals surface area contributed by atoms with Gasteiger partial charge in [-0.25, -0.2) is 14.6 Å². The first-order chi connectivity index (χ1) is 16.2. The number of carbonyl (C=O) groups excluding carboxylic acids is 1. The summed E-state index contributed by atoms with van der Waals surface area (Å²) in [6.45, 7) is 7.70. The number of aromatic nitrogens is 4. The van der Waals surface area contributed by atoms with Crippen LogP contribution in [0.25, 0.3) is 11.0 Å². The second-order valence-electron chi connectivity index (χ2n) is 9.57. The summed E-state index contributed by atoms with van der Waals surface area (Å²) in [5, 5.41) is 9.64. The van der Waals surface area contributed by atoms with Crippen LogP contribution in [0, 0.1) is 11.8 Å². The highest BCUT2D eigenvalue weighted by molar-refractivity contribution is 7.99. The molecule has 1 N–H and O–H groups in total. The molecule has 3 heterocycles. The van der Waals surface area contributed by atoms with Crippen molar-refractivity contribution in [2.45, 2.75) is 89.8 Å². The zero-order chi connectivity index (χ0) is 23.0. The van der Waals surface area contributed by atoms with Crippen molar-refractivity contribution in [3.8, 4) is 0 Å². The number of hydrogen-bond acceptors (Lipinski definition) is 6. The molecule has 1 saturated heterocycles. The molecule has 0 unspecified atom stereocenters. The van der Waals surface area contributed by atoms with Gasteiger partial charge < -0.3 is 10.2 Å². The topological polar surface area (TPSA) is 75.9 Å². The van der Waals surface area contributed by atoms with Crippen LogP contribution in [0.5, 0.6) is 0 Å². The highest BCUT2D eigenvalue weighted by Gasteiger charge is 2.26. The lowest BCUT2D eigenvalue weighted by molar-refractivity contribution is -0.126. The van der Waals surface area contributed by atoms with E-state index in [0.29, 0.717) is 13.1 Å². The molecule has 1 aliphatic heterocycles. The third-order valence-corrected chi connectivity index (χ3v) is 7.92. The van der Waals surface area contributed by atoms with Gasteiger partial charge in [0.2, 0.25) is 5.91 Å². The Kier molecular flexibility index (Phi) is 8.87. The second kappa shape index (κ2) is 12.0. The Hall–Kier alpha value is -1.83. The molecule has 0 bridgehead atoms. The molecule has 2 aliphatic rings. The smallest absolute Gasteiger partial charge is 0.223 e. The molecule has 0 aromatic carbocycles. The van der Waals surface area contributed by atoms with E-state index in [9.17, 15) is 4.79 Å². The summed E-state index contributed by atoms with van der Waals surface area (Å²) >= 11 is 1.67. The average Bonchev–Trinajstić information content (AvgIpc) is 3.26. The van der Waals surface area contributed by atoms with Crippen molar-refractivity contribution in [2.75, 3.05) is 30.3 Å². The molecule has 33 heavy (non-hydrogen) atoms. The molecule has 1 amide bonds. The van der Waals surface area contributed by atoms with E-state index >= 15 is 0 Å². The fraction of sp³-hybridized carbons (Fsp3) is 0.760. The fourth-order valence-electron chi connectivity index (χ4n) is 5.26. The third-order valence-electron chi connectivity index (χ3n) is 7.19. The van der Waals surface area contributed by atoms with Crippen molar-refractivity contribution in [3.63, 3.8) is 0 Å². The predicted octanol–water partition coefficient (Wildman–Crippen LogP) is 5.04.